The van der Waals surface area contributed by atoms with E-state index in [4.69, 9.17) is 4.74 Å². The van der Waals surface area contributed by atoms with Crippen molar-refractivity contribution in [2.45, 2.75) is 0 Å². The maximum absolute atomic E-state index is 12.9. The van der Waals surface area contributed by atoms with E-state index >= 15 is 0 Å². The highest BCUT2D eigenvalue weighted by molar-refractivity contribution is 5.80. The lowest BCUT2D eigenvalue weighted by Crippen LogP contribution is -2.09. The van der Waals surface area contributed by atoms with E-state index in [1.807, 2.05) is 0 Å². The zero-order valence-corrected chi connectivity index (χ0v) is 10.7. The number of aromatic nitrogens is 2. The van der Waals surface area contributed by atoms with E-state index in [0.29, 0.717) is 28.0 Å². The summed E-state index contributed by atoms with van der Waals surface area (Å²) in [5, 5.41) is 0.483. The van der Waals surface area contributed by atoms with Crippen molar-refractivity contribution in [3.8, 4) is 17.1 Å². The molecule has 1 aromatic heterocycles. The summed E-state index contributed by atoms with van der Waals surface area (Å²) in [6.07, 6.45) is 0. The number of nitrogens with one attached hydrogen (secondary N) is 1. The molecule has 5 heteroatoms. The van der Waals surface area contributed by atoms with Crippen LogP contribution in [0, 0.1) is 5.82 Å². The summed E-state index contributed by atoms with van der Waals surface area (Å²) in [6, 6.07) is 10.8. The Morgan fingerprint density at radius 3 is 2.60 bits per heavy atom. The van der Waals surface area contributed by atoms with Gasteiger partial charge in [-0.3, -0.25) is 4.79 Å². The van der Waals surface area contributed by atoms with Crippen LogP contribution in [0.4, 0.5) is 4.39 Å². The van der Waals surface area contributed by atoms with Gasteiger partial charge in [0.05, 0.1) is 18.0 Å². The minimum atomic E-state index is -0.335. The van der Waals surface area contributed by atoms with Gasteiger partial charge in [0.1, 0.15) is 17.4 Å². The van der Waals surface area contributed by atoms with Crippen molar-refractivity contribution in [3.05, 3.63) is 58.6 Å². The molecular weight excluding hydrogens is 259 g/mol. The van der Waals surface area contributed by atoms with Crippen LogP contribution in [0.15, 0.2) is 47.3 Å². The molecule has 1 heterocycles. The number of hydrogen-bond acceptors (Lipinski definition) is 3. The minimum absolute atomic E-state index is 0.239. The van der Waals surface area contributed by atoms with E-state index in [2.05, 4.69) is 9.97 Å². The van der Waals surface area contributed by atoms with E-state index < -0.39 is 0 Å². The van der Waals surface area contributed by atoms with Gasteiger partial charge in [-0.15, -0.1) is 0 Å². The van der Waals surface area contributed by atoms with Gasteiger partial charge in [0.15, 0.2) is 0 Å². The molecule has 0 fully saturated rings. The topological polar surface area (TPSA) is 55.0 Å². The Bertz CT molecular complexity index is 825. The maximum atomic E-state index is 12.9. The number of H-pyrrole nitrogens is 1. The predicted molar refractivity (Wildman–Crippen MR) is 74.3 cm³/mol. The summed E-state index contributed by atoms with van der Waals surface area (Å²) in [7, 11) is 1.55. The van der Waals surface area contributed by atoms with Crippen LogP contribution in [0.5, 0.6) is 5.75 Å². The highest BCUT2D eigenvalue weighted by atomic mass is 19.1. The third kappa shape index (κ3) is 2.14. The Labute approximate surface area is 113 Å². The molecule has 2 aromatic carbocycles. The Morgan fingerprint density at radius 1 is 1.15 bits per heavy atom. The van der Waals surface area contributed by atoms with Gasteiger partial charge in [-0.25, -0.2) is 9.37 Å². The van der Waals surface area contributed by atoms with Crippen LogP contribution < -0.4 is 10.3 Å². The van der Waals surface area contributed by atoms with Gasteiger partial charge < -0.3 is 9.72 Å². The van der Waals surface area contributed by atoms with Crippen molar-refractivity contribution in [2.24, 2.45) is 0 Å². The van der Waals surface area contributed by atoms with Crippen LogP contribution in [-0.2, 0) is 0 Å². The highest BCUT2D eigenvalue weighted by Crippen LogP contribution is 2.20. The molecule has 0 saturated heterocycles. The van der Waals surface area contributed by atoms with Crippen LogP contribution in [0.25, 0.3) is 22.3 Å². The molecule has 0 saturated carbocycles. The molecule has 0 aliphatic rings. The number of halogens is 1. The summed E-state index contributed by atoms with van der Waals surface area (Å²) < 4.78 is 18.0. The van der Waals surface area contributed by atoms with Crippen LogP contribution in [0.1, 0.15) is 0 Å². The first kappa shape index (κ1) is 12.3. The second-order valence-corrected chi connectivity index (χ2v) is 4.30. The van der Waals surface area contributed by atoms with Crippen molar-refractivity contribution in [1.82, 2.24) is 9.97 Å². The van der Waals surface area contributed by atoms with Crippen molar-refractivity contribution in [2.75, 3.05) is 7.11 Å². The summed E-state index contributed by atoms with van der Waals surface area (Å²) in [5.41, 5.74) is 0.942. The fraction of sp³-hybridized carbons (Fsp3) is 0.0667. The van der Waals surface area contributed by atoms with Crippen LogP contribution in [0.3, 0.4) is 0 Å². The lowest BCUT2D eigenvalue weighted by Gasteiger charge is -2.05. The lowest BCUT2D eigenvalue weighted by atomic mass is 10.2. The van der Waals surface area contributed by atoms with E-state index in [1.165, 1.54) is 12.1 Å². The van der Waals surface area contributed by atoms with Gasteiger partial charge in [0.2, 0.25) is 0 Å². The summed E-state index contributed by atoms with van der Waals surface area (Å²) in [5.74, 6) is 0.690. The molecule has 0 amide bonds. The molecule has 3 aromatic rings. The molecule has 1 N–H and O–H groups in total. The SMILES string of the molecule is COc1ccc2c(=O)[nH]c(-c3ccc(F)cc3)nc2c1. The second kappa shape index (κ2) is 4.77. The third-order valence-electron chi connectivity index (χ3n) is 3.03. The normalized spacial score (nSPS) is 10.7. The molecule has 0 spiro atoms. The second-order valence-electron chi connectivity index (χ2n) is 4.30. The molecular formula is C15H11FN2O2. The molecule has 20 heavy (non-hydrogen) atoms. The molecule has 3 rings (SSSR count). The zero-order valence-electron chi connectivity index (χ0n) is 10.7. The average Bonchev–Trinajstić information content (AvgIpc) is 2.47. The van der Waals surface area contributed by atoms with Crippen molar-refractivity contribution in [3.63, 3.8) is 0 Å². The maximum Gasteiger partial charge on any atom is 0.259 e. The van der Waals surface area contributed by atoms with Crippen LogP contribution in [-0.4, -0.2) is 17.1 Å². The fourth-order valence-electron chi connectivity index (χ4n) is 1.99. The molecule has 100 valence electrons. The molecule has 0 bridgehead atoms. The predicted octanol–water partition coefficient (Wildman–Crippen LogP) is 2.74. The molecule has 0 atom stereocenters. The van der Waals surface area contributed by atoms with Gasteiger partial charge in [-0.1, -0.05) is 0 Å². The average molecular weight is 270 g/mol. The quantitative estimate of drug-likeness (QED) is 0.779. The number of nitrogens with zero attached hydrogens (tertiary/aromatic N) is 1. The number of aromatic amines is 1. The number of fused-ring (bicyclic) bond motifs is 1. The molecule has 4 nitrogen and oxygen atoms in total. The Hall–Kier alpha value is -2.69. The smallest absolute Gasteiger partial charge is 0.259 e. The van der Waals surface area contributed by atoms with Gasteiger partial charge in [-0.05, 0) is 36.4 Å². The van der Waals surface area contributed by atoms with Crippen LogP contribution in [0.2, 0.25) is 0 Å². The first-order chi connectivity index (χ1) is 9.67. The van der Waals surface area contributed by atoms with E-state index in [0.717, 1.165) is 0 Å². The van der Waals surface area contributed by atoms with Crippen molar-refractivity contribution < 1.29 is 9.13 Å². The number of benzene rings is 2. The summed E-state index contributed by atoms with van der Waals surface area (Å²) in [4.78, 5) is 19.1. The van der Waals surface area contributed by atoms with Gasteiger partial charge in [0, 0.05) is 11.6 Å². The number of rotatable bonds is 2. The standard InChI is InChI=1S/C15H11FN2O2/c1-20-11-6-7-12-13(8-11)17-14(18-15(12)19)9-2-4-10(16)5-3-9/h2-8H,1H3,(H,17,18,19). The molecule has 0 radical (unpaired) electrons. The van der Waals surface area contributed by atoms with Crippen LogP contribution >= 0.6 is 0 Å². The lowest BCUT2D eigenvalue weighted by molar-refractivity contribution is 0.415. The zero-order chi connectivity index (χ0) is 14.1. The van der Waals surface area contributed by atoms with Gasteiger partial charge >= 0.3 is 0 Å². The Balaban J connectivity index is 2.22. The largest absolute Gasteiger partial charge is 0.497 e. The first-order valence-corrected chi connectivity index (χ1v) is 6.01. The Kier molecular flexibility index (Phi) is 2.95. The summed E-state index contributed by atoms with van der Waals surface area (Å²) in [6.45, 7) is 0. The van der Waals surface area contributed by atoms with Gasteiger partial charge in [0.25, 0.3) is 5.56 Å². The monoisotopic (exact) mass is 270 g/mol. The number of methoxy groups -OCH3 is 1. The first-order valence-electron chi connectivity index (χ1n) is 6.01. The van der Waals surface area contributed by atoms with E-state index in [-0.39, 0.29) is 11.4 Å². The highest BCUT2D eigenvalue weighted by Gasteiger charge is 2.07. The molecule has 0 aliphatic heterocycles. The number of hydrogen-bond donors (Lipinski definition) is 1. The van der Waals surface area contributed by atoms with E-state index in [9.17, 15) is 9.18 Å². The summed E-state index contributed by atoms with van der Waals surface area (Å²) >= 11 is 0. The molecule has 0 unspecified atom stereocenters. The van der Waals surface area contributed by atoms with E-state index in [1.54, 1.807) is 37.4 Å². The van der Waals surface area contributed by atoms with Gasteiger partial charge in [-0.2, -0.15) is 0 Å². The van der Waals surface area contributed by atoms with Crippen molar-refractivity contribution >= 4 is 10.9 Å². The Morgan fingerprint density at radius 2 is 1.90 bits per heavy atom. The minimum Gasteiger partial charge on any atom is -0.497 e. The fourth-order valence-corrected chi connectivity index (χ4v) is 1.99. The number of ether oxygens (including phenoxy) is 1. The van der Waals surface area contributed by atoms with Crippen molar-refractivity contribution in [1.29, 1.82) is 0 Å². The third-order valence-corrected chi connectivity index (χ3v) is 3.03. The molecule has 0 aliphatic carbocycles.